The van der Waals surface area contributed by atoms with Gasteiger partial charge in [0.1, 0.15) is 0 Å². The van der Waals surface area contributed by atoms with E-state index in [9.17, 15) is 9.59 Å². The zero-order chi connectivity index (χ0) is 14.1. The first-order valence-corrected chi connectivity index (χ1v) is 7.22. The quantitative estimate of drug-likeness (QED) is 0.861. The summed E-state index contributed by atoms with van der Waals surface area (Å²) in [7, 11) is 0. The van der Waals surface area contributed by atoms with E-state index >= 15 is 0 Å². The van der Waals surface area contributed by atoms with E-state index in [2.05, 4.69) is 17.4 Å². The van der Waals surface area contributed by atoms with Gasteiger partial charge in [0.15, 0.2) is 0 Å². The fraction of sp³-hybridized carbons (Fsp3) is 0.500. The lowest BCUT2D eigenvalue weighted by Gasteiger charge is -2.28. The summed E-state index contributed by atoms with van der Waals surface area (Å²) in [4.78, 5) is 22.8. The summed E-state index contributed by atoms with van der Waals surface area (Å²) in [6, 6.07) is 6.22. The molecule has 0 aromatic heterocycles. The Morgan fingerprint density at radius 3 is 2.95 bits per heavy atom. The van der Waals surface area contributed by atoms with E-state index in [1.165, 1.54) is 12.5 Å². The van der Waals surface area contributed by atoms with Crippen molar-refractivity contribution in [3.05, 3.63) is 29.3 Å². The van der Waals surface area contributed by atoms with Crippen LogP contribution in [-0.2, 0) is 20.7 Å². The predicted molar refractivity (Wildman–Crippen MR) is 75.5 cm³/mol. The maximum absolute atomic E-state index is 12.1. The molecule has 1 saturated carbocycles. The van der Waals surface area contributed by atoms with Crippen molar-refractivity contribution < 1.29 is 14.3 Å². The molecule has 0 saturated heterocycles. The van der Waals surface area contributed by atoms with Gasteiger partial charge in [0, 0.05) is 24.9 Å². The van der Waals surface area contributed by atoms with Gasteiger partial charge in [-0.1, -0.05) is 18.6 Å². The van der Waals surface area contributed by atoms with Crippen LogP contribution in [0.15, 0.2) is 18.2 Å². The van der Waals surface area contributed by atoms with Crippen LogP contribution < -0.4 is 5.32 Å². The summed E-state index contributed by atoms with van der Waals surface area (Å²) in [5, 5.41) is 3.02. The second kappa shape index (κ2) is 5.27. The van der Waals surface area contributed by atoms with Crippen molar-refractivity contribution in [2.45, 2.75) is 38.5 Å². The highest BCUT2D eigenvalue weighted by Gasteiger charge is 2.38. The highest BCUT2D eigenvalue weighted by atomic mass is 16.5. The van der Waals surface area contributed by atoms with Crippen molar-refractivity contribution in [3.63, 3.8) is 0 Å². The average molecular weight is 273 g/mol. The van der Waals surface area contributed by atoms with Gasteiger partial charge in [-0.25, -0.2) is 0 Å². The van der Waals surface area contributed by atoms with Crippen LogP contribution in [-0.4, -0.2) is 18.5 Å². The molecule has 1 aromatic rings. The number of nitrogens with one attached hydrogen (secondary N) is 1. The fourth-order valence-corrected chi connectivity index (χ4v) is 3.37. The lowest BCUT2D eigenvalue weighted by molar-refractivity contribution is -0.140. The lowest BCUT2D eigenvalue weighted by atomic mass is 9.83. The molecule has 2 atom stereocenters. The number of fused-ring (bicyclic) bond motifs is 3. The number of hydrogen-bond acceptors (Lipinski definition) is 3. The third-order valence-corrected chi connectivity index (χ3v) is 4.32. The zero-order valence-electron chi connectivity index (χ0n) is 11.6. The molecular weight excluding hydrogens is 254 g/mol. The van der Waals surface area contributed by atoms with Crippen LogP contribution in [0.4, 0.5) is 5.69 Å². The first kappa shape index (κ1) is 13.2. The summed E-state index contributed by atoms with van der Waals surface area (Å²) >= 11 is 0. The van der Waals surface area contributed by atoms with Gasteiger partial charge in [0.05, 0.1) is 6.61 Å². The van der Waals surface area contributed by atoms with Gasteiger partial charge in [0.2, 0.25) is 5.91 Å². The smallest absolute Gasteiger partial charge is 0.302 e. The summed E-state index contributed by atoms with van der Waals surface area (Å²) in [5.74, 6) is 0.456. The summed E-state index contributed by atoms with van der Waals surface area (Å²) in [6.45, 7) is 1.79. The van der Waals surface area contributed by atoms with Crippen molar-refractivity contribution in [2.75, 3.05) is 11.9 Å². The van der Waals surface area contributed by atoms with E-state index in [1.54, 1.807) is 0 Å². The Bertz CT molecular complexity index is 553. The molecule has 106 valence electrons. The summed E-state index contributed by atoms with van der Waals surface area (Å²) < 4.78 is 4.95. The van der Waals surface area contributed by atoms with Crippen molar-refractivity contribution in [1.82, 2.24) is 0 Å². The number of rotatable bonds is 3. The molecular formula is C16H19NO3. The monoisotopic (exact) mass is 273 g/mol. The minimum atomic E-state index is -0.259. The molecule has 4 nitrogen and oxygen atoms in total. The highest BCUT2D eigenvalue weighted by molar-refractivity contribution is 5.97. The molecule has 4 heteroatoms. The van der Waals surface area contributed by atoms with Crippen molar-refractivity contribution >= 4 is 17.6 Å². The number of hydrogen-bond donors (Lipinski definition) is 1. The van der Waals surface area contributed by atoms with Crippen LogP contribution in [0.5, 0.6) is 0 Å². The van der Waals surface area contributed by atoms with E-state index in [1.807, 2.05) is 6.07 Å². The minimum absolute atomic E-state index is 0.161. The molecule has 1 aliphatic carbocycles. The van der Waals surface area contributed by atoms with E-state index in [-0.39, 0.29) is 17.8 Å². The molecule has 2 unspecified atom stereocenters. The van der Waals surface area contributed by atoms with E-state index in [4.69, 9.17) is 4.74 Å². The Hall–Kier alpha value is -1.84. The summed E-state index contributed by atoms with van der Waals surface area (Å²) in [6.07, 6.45) is 3.93. The molecule has 0 bridgehead atoms. The Labute approximate surface area is 118 Å². The molecule has 0 radical (unpaired) electrons. The number of benzene rings is 1. The van der Waals surface area contributed by atoms with E-state index < -0.39 is 0 Å². The molecule has 3 rings (SSSR count). The number of carbonyl (C=O) groups is 2. The third kappa shape index (κ3) is 2.42. The lowest BCUT2D eigenvalue weighted by Crippen LogP contribution is -2.30. The van der Waals surface area contributed by atoms with Crippen LogP contribution in [0.25, 0.3) is 0 Å². The topological polar surface area (TPSA) is 55.4 Å². The third-order valence-electron chi connectivity index (χ3n) is 4.32. The fourth-order valence-electron chi connectivity index (χ4n) is 3.37. The number of esters is 1. The summed E-state index contributed by atoms with van der Waals surface area (Å²) in [5.41, 5.74) is 3.29. The van der Waals surface area contributed by atoms with Crippen LogP contribution in [0, 0.1) is 5.92 Å². The Morgan fingerprint density at radius 2 is 2.15 bits per heavy atom. The molecule has 20 heavy (non-hydrogen) atoms. The molecule has 2 aliphatic rings. The maximum atomic E-state index is 12.1. The van der Waals surface area contributed by atoms with Gasteiger partial charge in [-0.05, 0) is 36.0 Å². The molecule has 1 fully saturated rings. The first-order chi connectivity index (χ1) is 9.65. The molecule has 1 aliphatic heterocycles. The van der Waals surface area contributed by atoms with E-state index in [0.717, 1.165) is 30.5 Å². The minimum Gasteiger partial charge on any atom is -0.466 e. The molecule has 0 spiro atoms. The molecule has 1 heterocycles. The van der Waals surface area contributed by atoms with Crippen molar-refractivity contribution in [2.24, 2.45) is 5.92 Å². The van der Waals surface area contributed by atoms with Crippen LogP contribution >= 0.6 is 0 Å². The number of amides is 1. The maximum Gasteiger partial charge on any atom is 0.302 e. The largest absolute Gasteiger partial charge is 0.466 e. The second-order valence-electron chi connectivity index (χ2n) is 5.64. The Balaban J connectivity index is 1.77. The number of anilines is 1. The van der Waals surface area contributed by atoms with Gasteiger partial charge in [-0.15, -0.1) is 0 Å². The number of carbonyl (C=O) groups excluding carboxylic acids is 2. The van der Waals surface area contributed by atoms with E-state index in [0.29, 0.717) is 18.9 Å². The molecule has 1 aromatic carbocycles. The first-order valence-electron chi connectivity index (χ1n) is 7.22. The molecule has 1 amide bonds. The predicted octanol–water partition coefficient (Wildman–Crippen LogP) is 2.63. The highest BCUT2D eigenvalue weighted by Crippen LogP contribution is 2.46. The van der Waals surface area contributed by atoms with Crippen LogP contribution in [0.2, 0.25) is 0 Å². The standard InChI is InChI=1S/C16H19NO3/c1-10(18)20-8-7-11-5-6-13-12-3-2-4-14(12)16(19)17-15(13)9-11/h5-6,9,12,14H,2-4,7-8H2,1H3,(H,17,19). The van der Waals surface area contributed by atoms with Crippen LogP contribution in [0.1, 0.15) is 43.2 Å². The zero-order valence-corrected chi connectivity index (χ0v) is 11.6. The van der Waals surface area contributed by atoms with Gasteiger partial charge in [-0.2, -0.15) is 0 Å². The molecule has 1 N–H and O–H groups in total. The average Bonchev–Trinajstić information content (AvgIpc) is 2.88. The van der Waals surface area contributed by atoms with Gasteiger partial charge in [0.25, 0.3) is 0 Å². The Morgan fingerprint density at radius 1 is 1.35 bits per heavy atom. The van der Waals surface area contributed by atoms with Crippen LogP contribution in [0.3, 0.4) is 0 Å². The van der Waals surface area contributed by atoms with Gasteiger partial charge < -0.3 is 10.1 Å². The number of ether oxygens (including phenoxy) is 1. The normalized spacial score (nSPS) is 23.8. The SMILES string of the molecule is CC(=O)OCCc1ccc2c(c1)NC(=O)C1CCCC21. The van der Waals surface area contributed by atoms with Gasteiger partial charge in [-0.3, -0.25) is 9.59 Å². The van der Waals surface area contributed by atoms with Crippen molar-refractivity contribution in [3.8, 4) is 0 Å². The second-order valence-corrected chi connectivity index (χ2v) is 5.64. The Kier molecular flexibility index (Phi) is 3.47. The van der Waals surface area contributed by atoms with Gasteiger partial charge >= 0.3 is 5.97 Å². The van der Waals surface area contributed by atoms with Crippen molar-refractivity contribution in [1.29, 1.82) is 0 Å².